The average Bonchev–Trinajstić information content (AvgIpc) is 2.75. The smallest absolute Gasteiger partial charge is 0.325 e. The van der Waals surface area contributed by atoms with Gasteiger partial charge in [0.25, 0.3) is 0 Å². The van der Waals surface area contributed by atoms with Gasteiger partial charge in [-0.15, -0.1) is 0 Å². The predicted octanol–water partition coefficient (Wildman–Crippen LogP) is 4.35. The Kier molecular flexibility index (Phi) is 9.12. The lowest BCUT2D eigenvalue weighted by atomic mass is 10.0. The van der Waals surface area contributed by atoms with Gasteiger partial charge >= 0.3 is 5.97 Å². The fourth-order valence-corrected chi connectivity index (χ4v) is 3.03. The SMILES string of the molecule is CCOC(=O)CN(c1ccc(/C=C/c2ccccc2CC)cc1)C(C=O)OCC. The van der Waals surface area contributed by atoms with Gasteiger partial charge in [-0.3, -0.25) is 9.59 Å². The Labute approximate surface area is 172 Å². The van der Waals surface area contributed by atoms with Crippen LogP contribution < -0.4 is 4.90 Å². The van der Waals surface area contributed by atoms with Crippen molar-refractivity contribution in [3.63, 3.8) is 0 Å². The maximum atomic E-state index is 12.0. The van der Waals surface area contributed by atoms with Crippen molar-refractivity contribution < 1.29 is 19.1 Å². The first-order valence-corrected chi connectivity index (χ1v) is 9.98. The highest BCUT2D eigenvalue weighted by Gasteiger charge is 2.22. The average molecular weight is 395 g/mol. The van der Waals surface area contributed by atoms with Crippen molar-refractivity contribution in [2.24, 2.45) is 0 Å². The van der Waals surface area contributed by atoms with E-state index >= 15 is 0 Å². The molecule has 1 atom stereocenters. The first-order chi connectivity index (χ1) is 14.1. The van der Waals surface area contributed by atoms with E-state index < -0.39 is 12.2 Å². The summed E-state index contributed by atoms with van der Waals surface area (Å²) >= 11 is 0. The van der Waals surface area contributed by atoms with Crippen molar-refractivity contribution in [2.45, 2.75) is 33.4 Å². The lowest BCUT2D eigenvalue weighted by Gasteiger charge is -2.29. The first-order valence-electron chi connectivity index (χ1n) is 9.98. The van der Waals surface area contributed by atoms with Crippen LogP contribution in [-0.2, 0) is 25.5 Å². The van der Waals surface area contributed by atoms with Gasteiger partial charge in [-0.05, 0) is 49.1 Å². The standard InChI is InChI=1S/C24H29NO4/c1-4-20-9-7-8-10-21(20)14-11-19-12-15-22(16-13-19)25(17-24(27)29-6-3)23(18-26)28-5-2/h7-16,18,23H,4-6,17H2,1-3H3/b14-11+. The summed E-state index contributed by atoms with van der Waals surface area (Å²) in [5, 5.41) is 0. The monoisotopic (exact) mass is 395 g/mol. The molecule has 0 aliphatic carbocycles. The van der Waals surface area contributed by atoms with Crippen LogP contribution in [0.4, 0.5) is 5.69 Å². The second kappa shape index (κ2) is 11.8. The molecule has 2 aromatic carbocycles. The molecule has 0 aromatic heterocycles. The number of rotatable bonds is 11. The highest BCUT2D eigenvalue weighted by Crippen LogP contribution is 2.20. The molecule has 5 nitrogen and oxygen atoms in total. The normalized spacial score (nSPS) is 12.0. The maximum Gasteiger partial charge on any atom is 0.325 e. The summed E-state index contributed by atoms with van der Waals surface area (Å²) in [5.74, 6) is -0.404. The highest BCUT2D eigenvalue weighted by molar-refractivity contribution is 5.79. The second-order valence-electron chi connectivity index (χ2n) is 6.39. The van der Waals surface area contributed by atoms with Crippen molar-refractivity contribution in [2.75, 3.05) is 24.7 Å². The molecule has 154 valence electrons. The van der Waals surface area contributed by atoms with Gasteiger partial charge in [0, 0.05) is 12.3 Å². The third kappa shape index (κ3) is 6.57. The Balaban J connectivity index is 2.21. The third-order valence-corrected chi connectivity index (χ3v) is 4.48. The minimum atomic E-state index is -0.845. The van der Waals surface area contributed by atoms with Gasteiger partial charge in [0.1, 0.15) is 6.54 Å². The van der Waals surface area contributed by atoms with E-state index in [1.165, 1.54) is 11.1 Å². The van der Waals surface area contributed by atoms with Crippen molar-refractivity contribution in [3.05, 3.63) is 65.2 Å². The van der Waals surface area contributed by atoms with Gasteiger partial charge < -0.3 is 14.4 Å². The molecule has 0 saturated heterocycles. The summed E-state index contributed by atoms with van der Waals surface area (Å²) in [4.78, 5) is 25.1. The Hall–Kier alpha value is -2.92. The van der Waals surface area contributed by atoms with Crippen LogP contribution in [-0.4, -0.2) is 38.2 Å². The topological polar surface area (TPSA) is 55.8 Å². The third-order valence-electron chi connectivity index (χ3n) is 4.48. The Bertz CT molecular complexity index is 814. The Morgan fingerprint density at radius 2 is 1.72 bits per heavy atom. The molecule has 5 heteroatoms. The van der Waals surface area contributed by atoms with Crippen molar-refractivity contribution in [1.29, 1.82) is 0 Å². The van der Waals surface area contributed by atoms with Crippen LogP contribution in [0.1, 0.15) is 37.5 Å². The molecule has 0 aliphatic rings. The van der Waals surface area contributed by atoms with Crippen LogP contribution in [0.15, 0.2) is 48.5 Å². The number of carbonyl (C=O) groups is 2. The zero-order valence-electron chi connectivity index (χ0n) is 17.3. The number of anilines is 1. The molecule has 0 fully saturated rings. The van der Waals surface area contributed by atoms with Gasteiger partial charge in [0.15, 0.2) is 12.5 Å². The van der Waals surface area contributed by atoms with Crippen LogP contribution in [0, 0.1) is 0 Å². The fraction of sp³-hybridized carbons (Fsp3) is 0.333. The minimum Gasteiger partial charge on any atom is -0.465 e. The molecule has 0 heterocycles. The summed E-state index contributed by atoms with van der Waals surface area (Å²) in [5.41, 5.74) is 4.23. The molecule has 0 N–H and O–H groups in total. The van der Waals surface area contributed by atoms with E-state index in [1.54, 1.807) is 18.7 Å². The zero-order chi connectivity index (χ0) is 21.1. The van der Waals surface area contributed by atoms with E-state index in [9.17, 15) is 9.59 Å². The molecular formula is C24H29NO4. The van der Waals surface area contributed by atoms with Crippen molar-refractivity contribution in [3.8, 4) is 0 Å². The molecule has 0 saturated carbocycles. The highest BCUT2D eigenvalue weighted by atomic mass is 16.5. The molecule has 0 spiro atoms. The largest absolute Gasteiger partial charge is 0.465 e. The Morgan fingerprint density at radius 1 is 1.00 bits per heavy atom. The molecule has 2 rings (SSSR count). The molecule has 0 radical (unpaired) electrons. The van der Waals surface area contributed by atoms with Crippen LogP contribution >= 0.6 is 0 Å². The van der Waals surface area contributed by atoms with Gasteiger partial charge in [0.05, 0.1) is 6.61 Å². The van der Waals surface area contributed by atoms with Crippen LogP contribution in [0.25, 0.3) is 12.2 Å². The number of aryl methyl sites for hydroxylation is 1. The summed E-state index contributed by atoms with van der Waals surface area (Å²) in [6.07, 6.45) is 4.97. The number of carbonyl (C=O) groups excluding carboxylic acids is 2. The quantitative estimate of drug-likeness (QED) is 0.245. The van der Waals surface area contributed by atoms with E-state index in [2.05, 4.69) is 25.1 Å². The van der Waals surface area contributed by atoms with Gasteiger partial charge in [0.2, 0.25) is 0 Å². The van der Waals surface area contributed by atoms with E-state index in [1.807, 2.05) is 42.5 Å². The lowest BCUT2D eigenvalue weighted by Crippen LogP contribution is -2.42. The maximum absolute atomic E-state index is 12.0. The molecule has 1 unspecified atom stereocenters. The number of hydrogen-bond acceptors (Lipinski definition) is 5. The van der Waals surface area contributed by atoms with Crippen LogP contribution in [0.5, 0.6) is 0 Å². The Morgan fingerprint density at radius 3 is 2.34 bits per heavy atom. The predicted molar refractivity (Wildman–Crippen MR) is 117 cm³/mol. The lowest BCUT2D eigenvalue weighted by molar-refractivity contribution is -0.142. The summed E-state index contributed by atoms with van der Waals surface area (Å²) in [6, 6.07) is 16.0. The van der Waals surface area contributed by atoms with Gasteiger partial charge in [-0.25, -0.2) is 0 Å². The van der Waals surface area contributed by atoms with Gasteiger partial charge in [-0.1, -0.05) is 55.5 Å². The summed E-state index contributed by atoms with van der Waals surface area (Å²) in [7, 11) is 0. The van der Waals surface area contributed by atoms with Gasteiger partial charge in [-0.2, -0.15) is 0 Å². The van der Waals surface area contributed by atoms with Crippen molar-refractivity contribution in [1.82, 2.24) is 0 Å². The number of esters is 1. The molecule has 2 aromatic rings. The number of nitrogens with zero attached hydrogens (tertiary/aromatic N) is 1. The number of hydrogen-bond donors (Lipinski definition) is 0. The summed E-state index contributed by atoms with van der Waals surface area (Å²) < 4.78 is 10.5. The van der Waals surface area contributed by atoms with E-state index in [0.29, 0.717) is 12.9 Å². The van der Waals surface area contributed by atoms with Crippen LogP contribution in [0.2, 0.25) is 0 Å². The first kappa shape index (κ1) is 22.4. The number of aldehydes is 1. The molecule has 0 bridgehead atoms. The second-order valence-corrected chi connectivity index (χ2v) is 6.39. The van der Waals surface area contributed by atoms with Crippen LogP contribution in [0.3, 0.4) is 0 Å². The molecule has 0 aliphatic heterocycles. The molecule has 29 heavy (non-hydrogen) atoms. The van der Waals surface area contributed by atoms with E-state index in [4.69, 9.17) is 9.47 Å². The van der Waals surface area contributed by atoms with E-state index in [0.717, 1.165) is 17.7 Å². The number of benzene rings is 2. The van der Waals surface area contributed by atoms with E-state index in [-0.39, 0.29) is 13.2 Å². The van der Waals surface area contributed by atoms with Crippen molar-refractivity contribution >= 4 is 30.1 Å². The fourth-order valence-electron chi connectivity index (χ4n) is 3.03. The minimum absolute atomic E-state index is 0.0592. The molecular weight excluding hydrogens is 366 g/mol. The molecule has 0 amide bonds. The summed E-state index contributed by atoms with van der Waals surface area (Å²) in [6.45, 7) is 6.29. The number of ether oxygens (including phenoxy) is 2. The zero-order valence-corrected chi connectivity index (χ0v) is 17.3.